The maximum atomic E-state index is 13.3. The number of thiazole rings is 1. The molecule has 3 rings (SSSR count). The highest BCUT2D eigenvalue weighted by molar-refractivity contribution is 7.09. The Morgan fingerprint density at radius 1 is 1.32 bits per heavy atom. The number of rotatable bonds is 4. The molecule has 2 heterocycles. The van der Waals surface area contributed by atoms with Crippen LogP contribution in [0.4, 0.5) is 17.6 Å². The van der Waals surface area contributed by atoms with Crippen LogP contribution in [0.1, 0.15) is 20.9 Å². The number of carboxylic acid groups (broad SMARTS) is 1. The van der Waals surface area contributed by atoms with Gasteiger partial charge in [-0.1, -0.05) is 0 Å². The molecule has 0 aliphatic rings. The van der Waals surface area contributed by atoms with Gasteiger partial charge in [0.15, 0.2) is 0 Å². The zero-order chi connectivity index (χ0) is 18.2. The highest BCUT2D eigenvalue weighted by Gasteiger charge is 2.34. The Bertz CT molecular complexity index is 933. The molecule has 0 unspecified atom stereocenters. The fraction of sp³-hybridized carbons (Fsp3) is 0.133. The Kier molecular flexibility index (Phi) is 4.29. The highest BCUT2D eigenvalue weighted by Crippen LogP contribution is 2.34. The second-order valence-corrected chi connectivity index (χ2v) is 5.99. The molecule has 1 aromatic carbocycles. The Labute approximate surface area is 142 Å². The van der Waals surface area contributed by atoms with Crippen molar-refractivity contribution >= 4 is 17.3 Å². The molecule has 130 valence electrons. The number of hydrogen-bond acceptors (Lipinski definition) is 4. The molecule has 0 bridgehead atoms. The zero-order valence-corrected chi connectivity index (χ0v) is 13.1. The number of benzene rings is 1. The lowest BCUT2D eigenvalue weighted by molar-refractivity contribution is -0.139. The first kappa shape index (κ1) is 17.1. The Morgan fingerprint density at radius 3 is 2.72 bits per heavy atom. The van der Waals surface area contributed by atoms with Gasteiger partial charge in [0, 0.05) is 17.1 Å². The minimum absolute atomic E-state index is 0.0186. The number of halogens is 4. The molecule has 0 aliphatic heterocycles. The molecule has 0 fully saturated rings. The first-order chi connectivity index (χ1) is 11.7. The number of carbonyl (C=O) groups is 1. The molecule has 0 amide bonds. The van der Waals surface area contributed by atoms with Crippen molar-refractivity contribution in [2.75, 3.05) is 0 Å². The van der Waals surface area contributed by atoms with Crippen molar-refractivity contribution in [2.45, 2.75) is 12.7 Å². The van der Waals surface area contributed by atoms with Crippen molar-refractivity contribution in [1.82, 2.24) is 14.8 Å². The molecule has 2 aromatic heterocycles. The molecule has 0 atom stereocenters. The Balaban J connectivity index is 1.85. The summed E-state index contributed by atoms with van der Waals surface area (Å²) >= 11 is 1.18. The number of aromatic nitrogens is 3. The minimum Gasteiger partial charge on any atom is -0.478 e. The van der Waals surface area contributed by atoms with Gasteiger partial charge in [-0.2, -0.15) is 18.3 Å². The lowest BCUT2D eigenvalue weighted by Gasteiger charge is -2.09. The molecule has 0 aliphatic carbocycles. The number of hydrogen-bond donors (Lipinski definition) is 1. The van der Waals surface area contributed by atoms with E-state index in [4.69, 9.17) is 5.11 Å². The summed E-state index contributed by atoms with van der Waals surface area (Å²) in [6.45, 7) is 0.172. The third kappa shape index (κ3) is 3.68. The van der Waals surface area contributed by atoms with Crippen molar-refractivity contribution in [3.63, 3.8) is 0 Å². The van der Waals surface area contributed by atoms with Gasteiger partial charge in [-0.05, 0) is 18.2 Å². The summed E-state index contributed by atoms with van der Waals surface area (Å²) in [5.74, 6) is -2.46. The van der Waals surface area contributed by atoms with Crippen LogP contribution in [0.5, 0.6) is 0 Å². The highest BCUT2D eigenvalue weighted by atomic mass is 32.1. The number of nitrogens with zero attached hydrogens (tertiary/aromatic N) is 3. The van der Waals surface area contributed by atoms with Crippen molar-refractivity contribution in [2.24, 2.45) is 0 Å². The van der Waals surface area contributed by atoms with Crippen LogP contribution in [0.2, 0.25) is 0 Å². The van der Waals surface area contributed by atoms with Gasteiger partial charge in [-0.15, -0.1) is 11.3 Å². The van der Waals surface area contributed by atoms with Gasteiger partial charge in [0.2, 0.25) is 0 Å². The van der Waals surface area contributed by atoms with E-state index in [9.17, 15) is 22.4 Å². The quantitative estimate of drug-likeness (QED) is 0.706. The summed E-state index contributed by atoms with van der Waals surface area (Å²) in [6.07, 6.45) is -2.28. The van der Waals surface area contributed by atoms with Crippen molar-refractivity contribution < 1.29 is 27.5 Å². The van der Waals surface area contributed by atoms with Crippen LogP contribution in [0.25, 0.3) is 11.3 Å². The average molecular weight is 371 g/mol. The van der Waals surface area contributed by atoms with E-state index in [1.165, 1.54) is 34.5 Å². The summed E-state index contributed by atoms with van der Waals surface area (Å²) in [4.78, 5) is 15.0. The van der Waals surface area contributed by atoms with E-state index in [2.05, 4.69) is 10.1 Å². The van der Waals surface area contributed by atoms with Crippen LogP contribution in [0.15, 0.2) is 36.0 Å². The summed E-state index contributed by atoms with van der Waals surface area (Å²) in [5, 5.41) is 14.8. The van der Waals surface area contributed by atoms with Gasteiger partial charge in [0.05, 0.1) is 29.6 Å². The summed E-state index contributed by atoms with van der Waals surface area (Å²) < 4.78 is 53.1. The normalized spacial score (nSPS) is 11.7. The molecular formula is C15H9F4N3O2S. The maximum Gasteiger partial charge on any atom is 0.419 e. The fourth-order valence-electron chi connectivity index (χ4n) is 2.12. The second-order valence-electron chi connectivity index (χ2n) is 5.05. The molecule has 1 N–H and O–H groups in total. The molecule has 10 heteroatoms. The largest absolute Gasteiger partial charge is 0.478 e. The first-order valence-corrected chi connectivity index (χ1v) is 7.69. The molecule has 3 aromatic rings. The minimum atomic E-state index is -4.79. The van der Waals surface area contributed by atoms with Gasteiger partial charge in [0.1, 0.15) is 10.8 Å². The summed E-state index contributed by atoms with van der Waals surface area (Å²) in [5.41, 5.74) is -0.915. The van der Waals surface area contributed by atoms with Gasteiger partial charge >= 0.3 is 12.1 Å². The monoisotopic (exact) mass is 371 g/mol. The van der Waals surface area contributed by atoms with Crippen LogP contribution < -0.4 is 0 Å². The SMILES string of the molecule is O=C(O)c1cnn(Cc2nc(-c3ccc(F)c(C(F)(F)F)c3)cs2)c1. The van der Waals surface area contributed by atoms with Crippen LogP contribution in [0.3, 0.4) is 0 Å². The van der Waals surface area contributed by atoms with E-state index in [1.807, 2.05) is 0 Å². The molecule has 0 spiro atoms. The predicted octanol–water partition coefficient (Wildman–Crippen LogP) is 3.91. The first-order valence-electron chi connectivity index (χ1n) is 6.81. The Hall–Kier alpha value is -2.75. The van der Waals surface area contributed by atoms with Crippen LogP contribution in [-0.4, -0.2) is 25.8 Å². The molecule has 5 nitrogen and oxygen atoms in total. The number of aromatic carboxylic acids is 1. The third-order valence-corrected chi connectivity index (χ3v) is 4.13. The van der Waals surface area contributed by atoms with E-state index in [-0.39, 0.29) is 23.4 Å². The smallest absolute Gasteiger partial charge is 0.419 e. The van der Waals surface area contributed by atoms with Crippen LogP contribution in [0, 0.1) is 5.82 Å². The fourth-order valence-corrected chi connectivity index (χ4v) is 2.91. The topological polar surface area (TPSA) is 68.0 Å². The van der Waals surface area contributed by atoms with Gasteiger partial charge in [-0.25, -0.2) is 14.2 Å². The van der Waals surface area contributed by atoms with E-state index in [1.54, 1.807) is 5.38 Å². The van der Waals surface area contributed by atoms with Gasteiger partial charge in [-0.3, -0.25) is 4.68 Å². The van der Waals surface area contributed by atoms with Crippen LogP contribution >= 0.6 is 11.3 Å². The number of carboxylic acids is 1. The van der Waals surface area contributed by atoms with Crippen molar-refractivity contribution in [1.29, 1.82) is 0 Å². The summed E-state index contributed by atoms with van der Waals surface area (Å²) in [7, 11) is 0. The Morgan fingerprint density at radius 2 is 2.08 bits per heavy atom. The third-order valence-electron chi connectivity index (χ3n) is 3.30. The molecule has 25 heavy (non-hydrogen) atoms. The van der Waals surface area contributed by atoms with Crippen LogP contribution in [-0.2, 0) is 12.7 Å². The van der Waals surface area contributed by atoms with E-state index in [0.29, 0.717) is 11.1 Å². The molecule has 0 saturated carbocycles. The molecule has 0 saturated heterocycles. The van der Waals surface area contributed by atoms with Crippen molar-refractivity contribution in [3.05, 3.63) is 57.9 Å². The zero-order valence-electron chi connectivity index (χ0n) is 12.3. The van der Waals surface area contributed by atoms with Crippen molar-refractivity contribution in [3.8, 4) is 11.3 Å². The maximum absolute atomic E-state index is 13.3. The predicted molar refractivity (Wildman–Crippen MR) is 80.8 cm³/mol. The second kappa shape index (κ2) is 6.28. The van der Waals surface area contributed by atoms with E-state index >= 15 is 0 Å². The van der Waals surface area contributed by atoms with E-state index < -0.39 is 23.5 Å². The standard InChI is InChI=1S/C15H9F4N3O2S/c16-11-2-1-8(3-10(11)15(17,18)19)12-7-25-13(21-12)6-22-5-9(4-20-22)14(23)24/h1-5,7H,6H2,(H,23,24). The summed E-state index contributed by atoms with van der Waals surface area (Å²) in [6, 6.07) is 2.69. The van der Waals surface area contributed by atoms with Gasteiger partial charge < -0.3 is 5.11 Å². The molecule has 0 radical (unpaired) electrons. The lowest BCUT2D eigenvalue weighted by atomic mass is 10.1. The lowest BCUT2D eigenvalue weighted by Crippen LogP contribution is -2.08. The average Bonchev–Trinajstić information content (AvgIpc) is 3.16. The molecular weight excluding hydrogens is 362 g/mol. The van der Waals surface area contributed by atoms with Gasteiger partial charge in [0.25, 0.3) is 0 Å². The number of alkyl halides is 3. The van der Waals surface area contributed by atoms with E-state index in [0.717, 1.165) is 6.07 Å².